The minimum Gasteiger partial charge on any atom is -0.305 e. The van der Waals surface area contributed by atoms with Gasteiger partial charge in [0.25, 0.3) is 0 Å². The molecule has 3 nitrogen and oxygen atoms in total. The van der Waals surface area contributed by atoms with Gasteiger partial charge in [0, 0.05) is 32.1 Å². The molecule has 1 aliphatic rings. The zero-order valence-electron chi connectivity index (χ0n) is 15.7. The van der Waals surface area contributed by atoms with Gasteiger partial charge in [0.2, 0.25) is 5.91 Å². The molecule has 1 aliphatic heterocycles. The zero-order valence-corrected chi connectivity index (χ0v) is 16.5. The summed E-state index contributed by atoms with van der Waals surface area (Å²) in [5.74, 6) is -0.513. The Bertz CT molecular complexity index is 740. The number of piperidine rings is 1. The van der Waals surface area contributed by atoms with E-state index in [9.17, 15) is 9.18 Å². The molecule has 2 aromatic carbocycles. The summed E-state index contributed by atoms with van der Waals surface area (Å²) in [6, 6.07) is 15.0. The number of para-hydroxylation sites is 1. The molecule has 1 fully saturated rings. The van der Waals surface area contributed by atoms with E-state index in [-0.39, 0.29) is 17.6 Å². The predicted octanol–water partition coefficient (Wildman–Crippen LogP) is 4.93. The van der Waals surface area contributed by atoms with E-state index >= 15 is 0 Å². The van der Waals surface area contributed by atoms with Crippen molar-refractivity contribution in [1.82, 2.24) is 4.90 Å². The van der Waals surface area contributed by atoms with E-state index in [1.165, 1.54) is 11.6 Å². The molecule has 2 aromatic rings. The lowest BCUT2D eigenvalue weighted by molar-refractivity contribution is -0.119. The minimum absolute atomic E-state index is 0.0141. The van der Waals surface area contributed by atoms with E-state index in [2.05, 4.69) is 29.2 Å². The smallest absolute Gasteiger partial charge is 0.227 e. The molecule has 5 heteroatoms. The van der Waals surface area contributed by atoms with Gasteiger partial charge in [0.15, 0.2) is 0 Å². The van der Waals surface area contributed by atoms with E-state index < -0.39 is 5.82 Å². The van der Waals surface area contributed by atoms with E-state index in [1.807, 2.05) is 6.07 Å². The van der Waals surface area contributed by atoms with Crippen molar-refractivity contribution < 1.29 is 9.18 Å². The second-order valence-corrected chi connectivity index (χ2v) is 7.40. The quantitative estimate of drug-likeness (QED) is 0.700. The van der Waals surface area contributed by atoms with Crippen LogP contribution in [0.25, 0.3) is 0 Å². The van der Waals surface area contributed by atoms with E-state index in [0.29, 0.717) is 11.4 Å². The van der Waals surface area contributed by atoms with E-state index in [4.69, 9.17) is 11.6 Å². The Morgan fingerprint density at radius 3 is 2.48 bits per heavy atom. The number of nitrogens with zero attached hydrogens (tertiary/aromatic N) is 2. The minimum atomic E-state index is -0.434. The summed E-state index contributed by atoms with van der Waals surface area (Å²) in [5.41, 5.74) is 1.56. The number of benzene rings is 2. The van der Waals surface area contributed by atoms with Crippen LogP contribution in [0.3, 0.4) is 0 Å². The van der Waals surface area contributed by atoms with E-state index in [1.54, 1.807) is 24.0 Å². The van der Waals surface area contributed by atoms with Crippen LogP contribution in [0.1, 0.15) is 31.7 Å². The van der Waals surface area contributed by atoms with Crippen LogP contribution in [0.5, 0.6) is 0 Å². The summed E-state index contributed by atoms with van der Waals surface area (Å²) < 4.78 is 14.4. The average molecular weight is 389 g/mol. The van der Waals surface area contributed by atoms with Gasteiger partial charge in [-0.2, -0.15) is 0 Å². The lowest BCUT2D eigenvalue weighted by Crippen LogP contribution is -2.48. The monoisotopic (exact) mass is 388 g/mol. The van der Waals surface area contributed by atoms with Crippen LogP contribution >= 0.6 is 11.6 Å². The van der Waals surface area contributed by atoms with Crippen molar-refractivity contribution >= 4 is 23.2 Å². The summed E-state index contributed by atoms with van der Waals surface area (Å²) in [6.07, 6.45) is 3.00. The maximum absolute atomic E-state index is 14.4. The van der Waals surface area contributed by atoms with E-state index in [0.717, 1.165) is 38.9 Å². The second-order valence-electron chi connectivity index (χ2n) is 7.00. The first-order chi connectivity index (χ1) is 13.1. The van der Waals surface area contributed by atoms with Crippen LogP contribution in [-0.2, 0) is 11.2 Å². The maximum atomic E-state index is 14.4. The lowest BCUT2D eigenvalue weighted by atomic mass is 10.0. The Morgan fingerprint density at radius 2 is 1.85 bits per heavy atom. The highest BCUT2D eigenvalue weighted by Gasteiger charge is 2.31. The Labute approximate surface area is 165 Å². The number of likely N-dealkylation sites (tertiary alicyclic amines) is 1. The average Bonchev–Trinajstić information content (AvgIpc) is 2.70. The maximum Gasteiger partial charge on any atom is 0.227 e. The van der Waals surface area contributed by atoms with Gasteiger partial charge in [-0.25, -0.2) is 4.39 Å². The Morgan fingerprint density at radius 1 is 1.15 bits per heavy atom. The highest BCUT2D eigenvalue weighted by molar-refractivity contribution is 6.33. The first kappa shape index (κ1) is 19.8. The van der Waals surface area contributed by atoms with Gasteiger partial charge in [-0.15, -0.1) is 0 Å². The predicted molar refractivity (Wildman–Crippen MR) is 109 cm³/mol. The standard InChI is InChI=1S/C22H26ClFN2O/c1-2-21(27)26(22-19(23)9-6-10-20(22)24)18-12-15-25(16-13-18)14-11-17-7-4-3-5-8-17/h3-10,18H,2,11-16H2,1H3. The summed E-state index contributed by atoms with van der Waals surface area (Å²) in [7, 11) is 0. The molecule has 144 valence electrons. The summed E-state index contributed by atoms with van der Waals surface area (Å²) >= 11 is 6.25. The number of carbonyl (C=O) groups is 1. The molecule has 0 unspecified atom stereocenters. The molecule has 1 saturated heterocycles. The third-order valence-electron chi connectivity index (χ3n) is 5.23. The first-order valence-corrected chi connectivity index (χ1v) is 10.00. The number of amides is 1. The molecule has 0 aromatic heterocycles. The number of halogens is 2. The number of hydrogen-bond donors (Lipinski definition) is 0. The van der Waals surface area contributed by atoms with Crippen molar-refractivity contribution in [2.75, 3.05) is 24.5 Å². The van der Waals surface area contributed by atoms with Crippen LogP contribution in [0.15, 0.2) is 48.5 Å². The largest absolute Gasteiger partial charge is 0.305 e. The second kappa shape index (κ2) is 9.34. The van der Waals surface area contributed by atoms with Crippen molar-refractivity contribution in [2.24, 2.45) is 0 Å². The number of rotatable bonds is 6. The number of anilines is 1. The van der Waals surface area contributed by atoms with Crippen molar-refractivity contribution in [3.8, 4) is 0 Å². The third-order valence-corrected chi connectivity index (χ3v) is 5.54. The molecule has 0 aliphatic carbocycles. The van der Waals surface area contributed by atoms with Crippen LogP contribution < -0.4 is 4.90 Å². The van der Waals surface area contributed by atoms with Crippen LogP contribution in [0.4, 0.5) is 10.1 Å². The highest BCUT2D eigenvalue weighted by Crippen LogP contribution is 2.33. The molecule has 1 amide bonds. The number of carbonyl (C=O) groups excluding carboxylic acids is 1. The van der Waals surface area contributed by atoms with Crippen molar-refractivity contribution in [2.45, 2.75) is 38.6 Å². The molecule has 1 heterocycles. The van der Waals surface area contributed by atoms with Gasteiger partial charge in [-0.3, -0.25) is 4.79 Å². The Balaban J connectivity index is 1.65. The Kier molecular flexibility index (Phi) is 6.86. The Hall–Kier alpha value is -1.91. The molecule has 0 N–H and O–H groups in total. The van der Waals surface area contributed by atoms with Crippen molar-refractivity contribution in [3.63, 3.8) is 0 Å². The topological polar surface area (TPSA) is 23.6 Å². The molecule has 3 rings (SSSR count). The van der Waals surface area contributed by atoms with Gasteiger partial charge in [-0.05, 0) is 37.0 Å². The van der Waals surface area contributed by atoms with Gasteiger partial charge in [0.05, 0.1) is 10.7 Å². The number of hydrogen-bond acceptors (Lipinski definition) is 2. The first-order valence-electron chi connectivity index (χ1n) is 9.62. The molecular formula is C22H26ClFN2O. The summed E-state index contributed by atoms with van der Waals surface area (Å²) in [4.78, 5) is 16.6. The van der Waals surface area contributed by atoms with Crippen LogP contribution in [0.2, 0.25) is 5.02 Å². The fourth-order valence-corrected chi connectivity index (χ4v) is 3.99. The molecular weight excluding hydrogens is 363 g/mol. The fraction of sp³-hybridized carbons (Fsp3) is 0.409. The molecule has 0 spiro atoms. The molecule has 0 bridgehead atoms. The normalized spacial score (nSPS) is 15.7. The molecule has 0 radical (unpaired) electrons. The fourth-order valence-electron chi connectivity index (χ4n) is 3.73. The summed E-state index contributed by atoms with van der Waals surface area (Å²) in [5, 5.41) is 0.295. The van der Waals surface area contributed by atoms with Crippen LogP contribution in [0, 0.1) is 5.82 Å². The SMILES string of the molecule is CCC(=O)N(c1c(F)cccc1Cl)C1CCN(CCc2ccccc2)CC1. The van der Waals surface area contributed by atoms with Gasteiger partial charge in [-0.1, -0.05) is 54.9 Å². The zero-order chi connectivity index (χ0) is 19.2. The van der Waals surface area contributed by atoms with Gasteiger partial charge >= 0.3 is 0 Å². The lowest BCUT2D eigenvalue weighted by Gasteiger charge is -2.39. The molecule has 0 atom stereocenters. The van der Waals surface area contributed by atoms with Gasteiger partial charge < -0.3 is 9.80 Å². The summed E-state index contributed by atoms with van der Waals surface area (Å²) in [6.45, 7) is 4.60. The molecule has 27 heavy (non-hydrogen) atoms. The van der Waals surface area contributed by atoms with Crippen molar-refractivity contribution in [1.29, 1.82) is 0 Å². The van der Waals surface area contributed by atoms with Crippen LogP contribution in [-0.4, -0.2) is 36.5 Å². The third kappa shape index (κ3) is 4.88. The van der Waals surface area contributed by atoms with Gasteiger partial charge in [0.1, 0.15) is 5.82 Å². The van der Waals surface area contributed by atoms with Crippen molar-refractivity contribution in [3.05, 3.63) is 64.9 Å². The highest BCUT2D eigenvalue weighted by atomic mass is 35.5. The molecule has 0 saturated carbocycles.